The third kappa shape index (κ3) is 6.21. The maximum Gasteiger partial charge on any atom is 0.125 e. The third-order valence-electron chi connectivity index (χ3n) is 0.344. The molecule has 0 aromatic rings. The molecular formula is C4H4Cl2NS. The summed E-state index contributed by atoms with van der Waals surface area (Å²) in [7, 11) is 0. The second kappa shape index (κ2) is 4.13. The fraction of sp³-hybridized carbons (Fsp3) is 0.250. The average molecular weight is 169 g/mol. The van der Waals surface area contributed by atoms with Crippen LogP contribution in [-0.2, 0) is 0 Å². The highest BCUT2D eigenvalue weighted by molar-refractivity contribution is 7.80. The first-order chi connectivity index (χ1) is 3.63. The Bertz CT molecular complexity index is 117. The van der Waals surface area contributed by atoms with Crippen molar-refractivity contribution in [1.29, 1.82) is 0 Å². The number of halogens is 2. The van der Waals surface area contributed by atoms with Crippen molar-refractivity contribution in [3.8, 4) is 0 Å². The van der Waals surface area contributed by atoms with Crippen molar-refractivity contribution < 1.29 is 0 Å². The van der Waals surface area contributed by atoms with E-state index in [0.29, 0.717) is 4.99 Å². The minimum Gasteiger partial charge on any atom is -0.248 e. The van der Waals surface area contributed by atoms with Crippen LogP contribution in [0.15, 0.2) is 10.7 Å². The van der Waals surface area contributed by atoms with E-state index in [0.717, 1.165) is 0 Å². The summed E-state index contributed by atoms with van der Waals surface area (Å²) in [5.74, 6) is 0. The van der Waals surface area contributed by atoms with Crippen LogP contribution in [0.1, 0.15) is 6.92 Å². The Morgan fingerprint density at radius 3 is 2.25 bits per heavy atom. The second-order valence-electron chi connectivity index (χ2n) is 1.07. The van der Waals surface area contributed by atoms with E-state index in [9.17, 15) is 0 Å². The van der Waals surface area contributed by atoms with E-state index in [4.69, 9.17) is 23.2 Å². The first-order valence-corrected chi connectivity index (χ1v) is 3.02. The molecular weight excluding hydrogens is 165 g/mol. The lowest BCUT2D eigenvalue weighted by Crippen LogP contribution is -1.99. The number of hydrogen-bond donors (Lipinski definition) is 0. The zero-order valence-corrected chi connectivity index (χ0v) is 6.52. The Morgan fingerprint density at radius 1 is 1.62 bits per heavy atom. The smallest absolute Gasteiger partial charge is 0.125 e. The predicted octanol–water partition coefficient (Wildman–Crippen LogP) is 2.21. The highest BCUT2D eigenvalue weighted by atomic mass is 35.5. The Balaban J connectivity index is 3.45. The molecule has 0 fully saturated rings. The molecule has 0 rings (SSSR count). The van der Waals surface area contributed by atoms with Gasteiger partial charge in [0.05, 0.1) is 11.2 Å². The summed E-state index contributed by atoms with van der Waals surface area (Å²) in [5.41, 5.74) is 0. The van der Waals surface area contributed by atoms with E-state index in [1.807, 2.05) is 0 Å². The van der Waals surface area contributed by atoms with Gasteiger partial charge in [0.1, 0.15) is 4.49 Å². The van der Waals surface area contributed by atoms with Gasteiger partial charge >= 0.3 is 0 Å². The Kier molecular flexibility index (Phi) is 4.23. The molecule has 0 bridgehead atoms. The molecule has 0 atom stereocenters. The summed E-state index contributed by atoms with van der Waals surface area (Å²) in [4.78, 5) is 0.517. The summed E-state index contributed by atoms with van der Waals surface area (Å²) >= 11 is 15.0. The van der Waals surface area contributed by atoms with Gasteiger partial charge in [0.15, 0.2) is 0 Å². The first kappa shape index (κ1) is 8.21. The monoisotopic (exact) mass is 168 g/mol. The van der Waals surface area contributed by atoms with Crippen LogP contribution >= 0.6 is 35.4 Å². The van der Waals surface area contributed by atoms with Gasteiger partial charge in [0.25, 0.3) is 0 Å². The number of hydrogen-bond acceptors (Lipinski definition) is 1. The molecule has 1 radical (unpaired) electrons. The van der Waals surface area contributed by atoms with E-state index in [1.165, 1.54) is 6.20 Å². The lowest BCUT2D eigenvalue weighted by molar-refractivity contribution is 1.27. The van der Waals surface area contributed by atoms with Crippen LogP contribution in [0.3, 0.4) is 0 Å². The zero-order valence-electron chi connectivity index (χ0n) is 4.19. The first-order valence-electron chi connectivity index (χ1n) is 1.85. The average Bonchev–Trinajstić information content (AvgIpc) is 1.61. The Labute approximate surface area is 63.7 Å². The van der Waals surface area contributed by atoms with Crippen LogP contribution in [0, 0.1) is 0 Å². The summed E-state index contributed by atoms with van der Waals surface area (Å²) in [6, 6.07) is 0. The molecule has 0 heterocycles. The fourth-order valence-electron chi connectivity index (χ4n) is 0.140. The van der Waals surface area contributed by atoms with Crippen molar-refractivity contribution in [2.45, 2.75) is 6.92 Å². The van der Waals surface area contributed by atoms with Gasteiger partial charge in [-0.15, -0.1) is 0 Å². The van der Waals surface area contributed by atoms with Gasteiger partial charge in [0.2, 0.25) is 0 Å². The molecule has 0 amide bonds. The van der Waals surface area contributed by atoms with Gasteiger partial charge in [-0.25, -0.2) is 5.32 Å². The molecule has 0 unspecified atom stereocenters. The molecule has 0 aromatic heterocycles. The van der Waals surface area contributed by atoms with E-state index in [2.05, 4.69) is 17.5 Å². The van der Waals surface area contributed by atoms with Crippen LogP contribution in [0.2, 0.25) is 0 Å². The van der Waals surface area contributed by atoms with Crippen molar-refractivity contribution >= 4 is 40.4 Å². The van der Waals surface area contributed by atoms with Crippen LogP contribution in [0.5, 0.6) is 0 Å². The third-order valence-corrected chi connectivity index (χ3v) is 0.645. The second-order valence-corrected chi connectivity index (χ2v) is 2.67. The molecule has 0 saturated heterocycles. The molecule has 0 aliphatic rings. The number of rotatable bonds is 1. The van der Waals surface area contributed by atoms with Crippen LogP contribution in [0.4, 0.5) is 0 Å². The predicted molar refractivity (Wildman–Crippen MR) is 40.2 cm³/mol. The zero-order chi connectivity index (χ0) is 6.57. The van der Waals surface area contributed by atoms with Crippen LogP contribution < -0.4 is 5.32 Å². The quantitative estimate of drug-likeness (QED) is 0.549. The Morgan fingerprint density at radius 2 is 2.12 bits per heavy atom. The van der Waals surface area contributed by atoms with E-state index in [1.54, 1.807) is 6.92 Å². The van der Waals surface area contributed by atoms with Crippen LogP contribution in [0.25, 0.3) is 0 Å². The summed E-state index contributed by atoms with van der Waals surface area (Å²) < 4.78 is 0.120. The molecule has 0 saturated carbocycles. The summed E-state index contributed by atoms with van der Waals surface area (Å²) in [6.07, 6.45) is 1.30. The van der Waals surface area contributed by atoms with Gasteiger partial charge in [-0.3, -0.25) is 0 Å². The highest BCUT2D eigenvalue weighted by Gasteiger charge is 1.83. The normalized spacial score (nSPS) is 7.88. The summed E-state index contributed by atoms with van der Waals surface area (Å²) in [6.45, 7) is 1.68. The van der Waals surface area contributed by atoms with Crippen molar-refractivity contribution in [1.82, 2.24) is 5.32 Å². The molecule has 0 aromatic carbocycles. The van der Waals surface area contributed by atoms with Gasteiger partial charge < -0.3 is 0 Å². The van der Waals surface area contributed by atoms with Crippen molar-refractivity contribution in [3.05, 3.63) is 10.7 Å². The maximum absolute atomic E-state index is 5.19. The topological polar surface area (TPSA) is 14.1 Å². The Hall–Kier alpha value is 0.210. The number of thiocarbonyl (C=S) groups is 1. The van der Waals surface area contributed by atoms with Gasteiger partial charge in [-0.2, -0.15) is 0 Å². The van der Waals surface area contributed by atoms with Crippen molar-refractivity contribution in [2.24, 2.45) is 0 Å². The van der Waals surface area contributed by atoms with Gasteiger partial charge in [0, 0.05) is 0 Å². The molecule has 0 aliphatic carbocycles. The largest absolute Gasteiger partial charge is 0.248 e. The van der Waals surface area contributed by atoms with E-state index < -0.39 is 0 Å². The minimum atomic E-state index is 0.120. The van der Waals surface area contributed by atoms with E-state index in [-0.39, 0.29) is 4.49 Å². The maximum atomic E-state index is 5.19. The summed E-state index contributed by atoms with van der Waals surface area (Å²) in [5, 5.41) is 3.63. The lowest BCUT2D eigenvalue weighted by atomic mass is 10.7. The molecule has 45 valence electrons. The molecule has 4 heteroatoms. The van der Waals surface area contributed by atoms with Crippen LogP contribution in [-0.4, -0.2) is 4.99 Å². The molecule has 1 nitrogen and oxygen atoms in total. The lowest BCUT2D eigenvalue weighted by Gasteiger charge is -1.86. The van der Waals surface area contributed by atoms with Gasteiger partial charge in [-0.1, -0.05) is 35.4 Å². The standard InChI is InChI=1S/C4H4Cl2NS/c1-3(8)7-2-4(5)6/h2H,1H3. The molecule has 0 N–H and O–H groups in total. The molecule has 0 aliphatic heterocycles. The van der Waals surface area contributed by atoms with E-state index >= 15 is 0 Å². The minimum absolute atomic E-state index is 0.120. The van der Waals surface area contributed by atoms with Crippen molar-refractivity contribution in [3.63, 3.8) is 0 Å². The SMILES string of the molecule is CC(=S)[N]C=C(Cl)Cl. The number of nitrogens with zero attached hydrogens (tertiary/aromatic N) is 1. The fourth-order valence-corrected chi connectivity index (χ4v) is 0.290. The molecule has 0 spiro atoms. The molecule has 8 heavy (non-hydrogen) atoms. The van der Waals surface area contributed by atoms with Gasteiger partial charge in [-0.05, 0) is 6.92 Å². The van der Waals surface area contributed by atoms with Crippen molar-refractivity contribution in [2.75, 3.05) is 0 Å². The highest BCUT2D eigenvalue weighted by Crippen LogP contribution is 2.03.